The first-order valence-corrected chi connectivity index (χ1v) is 14.4. The molecule has 3 N–H and O–H groups in total. The molecule has 10 heteroatoms. The zero-order valence-electron chi connectivity index (χ0n) is 21.6. The summed E-state index contributed by atoms with van der Waals surface area (Å²) in [6, 6.07) is 6.17. The van der Waals surface area contributed by atoms with Gasteiger partial charge in [0.2, 0.25) is 11.6 Å². The summed E-state index contributed by atoms with van der Waals surface area (Å²) in [4.78, 5) is 28.7. The zero-order valence-corrected chi connectivity index (χ0v) is 22.4. The van der Waals surface area contributed by atoms with E-state index < -0.39 is 11.6 Å². The lowest BCUT2D eigenvalue weighted by molar-refractivity contribution is -0.680. The van der Waals surface area contributed by atoms with E-state index in [1.165, 1.54) is 32.1 Å². The predicted molar refractivity (Wildman–Crippen MR) is 142 cm³/mol. The van der Waals surface area contributed by atoms with Crippen molar-refractivity contribution in [2.45, 2.75) is 88.7 Å². The van der Waals surface area contributed by atoms with Crippen LogP contribution in [0.5, 0.6) is 0 Å². The monoisotopic (exact) mass is 529 g/mol. The number of rotatable bonds is 7. The maximum Gasteiger partial charge on any atom is 0.239 e. The van der Waals surface area contributed by atoms with Gasteiger partial charge in [-0.15, -0.1) is 0 Å². The maximum atomic E-state index is 6.16. The van der Waals surface area contributed by atoms with E-state index in [2.05, 4.69) is 26.1 Å². The number of hydrogen-bond acceptors (Lipinski definition) is 8. The summed E-state index contributed by atoms with van der Waals surface area (Å²) >= 11 is 5.32. The fourth-order valence-electron chi connectivity index (χ4n) is 7.26. The molecular formula is C27H39N5O4S. The molecule has 0 radical (unpaired) electrons. The molecule has 6 aliphatic rings. The van der Waals surface area contributed by atoms with Gasteiger partial charge in [0.1, 0.15) is 0 Å². The van der Waals surface area contributed by atoms with Gasteiger partial charge in [-0.2, -0.15) is 24.7 Å². The third kappa shape index (κ3) is 5.42. The highest BCUT2D eigenvalue weighted by atomic mass is 32.1. The molecule has 202 valence electrons. The maximum absolute atomic E-state index is 6.16. The molecule has 5 aliphatic carbocycles. The van der Waals surface area contributed by atoms with Crippen LogP contribution >= 0.6 is 12.2 Å². The molecule has 6 fully saturated rings. The van der Waals surface area contributed by atoms with E-state index in [-0.39, 0.29) is 0 Å². The van der Waals surface area contributed by atoms with Crippen molar-refractivity contribution in [2.24, 2.45) is 28.8 Å². The fraction of sp³-hybridized carbons (Fsp3) is 0.741. The number of aromatic nitrogens is 1. The van der Waals surface area contributed by atoms with E-state index in [4.69, 9.17) is 31.8 Å². The molecule has 0 amide bonds. The first kappa shape index (κ1) is 25.6. The van der Waals surface area contributed by atoms with Crippen molar-refractivity contribution in [2.75, 3.05) is 13.1 Å². The summed E-state index contributed by atoms with van der Waals surface area (Å²) in [5.74, 6) is 1.08. The number of hydrazone groups is 1. The van der Waals surface area contributed by atoms with Gasteiger partial charge in [-0.3, -0.25) is 10.4 Å². The van der Waals surface area contributed by atoms with Gasteiger partial charge < -0.3 is 10.6 Å². The van der Waals surface area contributed by atoms with Gasteiger partial charge in [-0.1, -0.05) is 6.07 Å². The van der Waals surface area contributed by atoms with Crippen molar-refractivity contribution in [3.63, 3.8) is 0 Å². The second kappa shape index (κ2) is 10.8. The Kier molecular flexibility index (Phi) is 7.48. The largest absolute Gasteiger partial charge is 0.361 e. The highest BCUT2D eigenvalue weighted by Crippen LogP contribution is 2.61. The Labute approximate surface area is 224 Å². The van der Waals surface area contributed by atoms with Crippen molar-refractivity contribution in [1.29, 1.82) is 0 Å². The number of nitrogens with one attached hydrogen (secondary N) is 3. The summed E-state index contributed by atoms with van der Waals surface area (Å²) < 4.78 is 0. The normalized spacial score (nSPS) is 38.7. The van der Waals surface area contributed by atoms with Crippen LogP contribution in [0, 0.1) is 23.7 Å². The van der Waals surface area contributed by atoms with Crippen molar-refractivity contribution in [1.82, 2.24) is 21.0 Å². The minimum Gasteiger partial charge on any atom is -0.361 e. The van der Waals surface area contributed by atoms with Gasteiger partial charge in [-0.25, -0.2) is 0 Å². The third-order valence-corrected chi connectivity index (χ3v) is 9.34. The van der Waals surface area contributed by atoms with E-state index in [1.54, 1.807) is 6.20 Å². The van der Waals surface area contributed by atoms with E-state index >= 15 is 0 Å². The topological polar surface area (TPSA) is 98.3 Å². The summed E-state index contributed by atoms with van der Waals surface area (Å²) in [5, 5.41) is 11.7. The first-order valence-electron chi connectivity index (χ1n) is 14.0. The number of nitrogens with zero attached hydrogens (tertiary/aromatic N) is 2. The van der Waals surface area contributed by atoms with Crippen molar-refractivity contribution in [3.8, 4) is 0 Å². The Balaban J connectivity index is 0.867. The molecule has 0 unspecified atom stereocenters. The molecule has 1 aromatic heterocycles. The van der Waals surface area contributed by atoms with Crippen LogP contribution in [0.15, 0.2) is 29.5 Å². The predicted octanol–water partition coefficient (Wildman–Crippen LogP) is 3.95. The van der Waals surface area contributed by atoms with E-state index in [0.29, 0.717) is 23.0 Å². The Bertz CT molecular complexity index is 944. The minimum absolute atomic E-state index is 0.410. The Morgan fingerprint density at radius 3 is 2.35 bits per heavy atom. The first-order chi connectivity index (χ1) is 18.0. The summed E-state index contributed by atoms with van der Waals surface area (Å²) in [6.07, 6.45) is 12.3. The number of pyridine rings is 1. The van der Waals surface area contributed by atoms with Crippen LogP contribution in [0.3, 0.4) is 0 Å². The van der Waals surface area contributed by atoms with Crippen molar-refractivity contribution >= 4 is 23.0 Å². The van der Waals surface area contributed by atoms with Gasteiger partial charge >= 0.3 is 0 Å². The van der Waals surface area contributed by atoms with Crippen LogP contribution in [0.1, 0.15) is 76.8 Å². The molecule has 0 aromatic carbocycles. The van der Waals surface area contributed by atoms with Crippen LogP contribution in [0.4, 0.5) is 0 Å². The smallest absolute Gasteiger partial charge is 0.239 e. The number of hydrogen-bond donors (Lipinski definition) is 3. The molecule has 4 bridgehead atoms. The molecule has 2 heterocycles. The zero-order chi connectivity index (χ0) is 25.3. The molecule has 2 spiro atoms. The number of thiocarbonyl (C=S) groups is 1. The standard InChI is InChI=1S/C27H39N5O4S/c1-18(24-5-2-3-10-29-24)31-32-25(37)30-12-4-11-28-23-6-8-26(9-7-23)33-35-27(36-34-26)21-14-19-13-20(16-21)17-22(27)15-19/h2-3,5,10,19-23,28H,4,6-9,11-17H2,1H3,(H2,30,32,37). The van der Waals surface area contributed by atoms with Crippen LogP contribution in [0.2, 0.25) is 0 Å². The summed E-state index contributed by atoms with van der Waals surface area (Å²) in [5.41, 5.74) is 4.50. The minimum atomic E-state index is -0.759. The second-order valence-electron chi connectivity index (χ2n) is 11.6. The molecule has 0 atom stereocenters. The average molecular weight is 530 g/mol. The molecule has 37 heavy (non-hydrogen) atoms. The SMILES string of the molecule is CC(=NNC(=S)NCCCNC1CCC2(CC1)OOC1(OO2)C2CC3CC(C2)CC1C3)c1ccccn1. The molecule has 1 saturated heterocycles. The van der Waals surface area contributed by atoms with Gasteiger partial charge in [0.25, 0.3) is 0 Å². The molecule has 5 saturated carbocycles. The molecular weight excluding hydrogens is 490 g/mol. The third-order valence-electron chi connectivity index (χ3n) is 9.10. The molecule has 1 aliphatic heterocycles. The highest BCUT2D eigenvalue weighted by Gasteiger charge is 2.64. The van der Waals surface area contributed by atoms with E-state index in [9.17, 15) is 0 Å². The van der Waals surface area contributed by atoms with Gasteiger partial charge in [0.15, 0.2) is 5.11 Å². The van der Waals surface area contributed by atoms with Crippen molar-refractivity contribution < 1.29 is 19.6 Å². The summed E-state index contributed by atoms with van der Waals surface area (Å²) in [6.45, 7) is 3.58. The van der Waals surface area contributed by atoms with Gasteiger partial charge in [-0.05, 0) is 101 Å². The Morgan fingerprint density at radius 2 is 1.70 bits per heavy atom. The van der Waals surface area contributed by atoms with Gasteiger partial charge in [0, 0.05) is 43.5 Å². The van der Waals surface area contributed by atoms with Crippen LogP contribution in [0.25, 0.3) is 0 Å². The lowest BCUT2D eigenvalue weighted by atomic mass is 9.53. The second-order valence-corrected chi connectivity index (χ2v) is 12.0. The molecule has 7 rings (SSSR count). The Morgan fingerprint density at radius 1 is 1.00 bits per heavy atom. The van der Waals surface area contributed by atoms with Crippen LogP contribution in [-0.2, 0) is 19.6 Å². The van der Waals surface area contributed by atoms with Crippen molar-refractivity contribution in [3.05, 3.63) is 30.1 Å². The van der Waals surface area contributed by atoms with Crippen LogP contribution < -0.4 is 16.1 Å². The fourth-order valence-corrected chi connectivity index (χ4v) is 7.40. The quantitative estimate of drug-likeness (QED) is 0.159. The van der Waals surface area contributed by atoms with Crippen LogP contribution in [-0.4, -0.2) is 46.5 Å². The lowest BCUT2D eigenvalue weighted by Crippen LogP contribution is -2.65. The van der Waals surface area contributed by atoms with Gasteiger partial charge in [0.05, 0.1) is 11.4 Å². The Hall–Kier alpha value is -1.69. The molecule has 1 aromatic rings. The lowest BCUT2D eigenvalue weighted by Gasteiger charge is -2.60. The average Bonchev–Trinajstić information content (AvgIpc) is 2.92. The molecule has 9 nitrogen and oxygen atoms in total. The van der Waals surface area contributed by atoms with E-state index in [1.807, 2.05) is 25.1 Å². The van der Waals surface area contributed by atoms with E-state index in [0.717, 1.165) is 68.4 Å². The summed E-state index contributed by atoms with van der Waals surface area (Å²) in [7, 11) is 0. The highest BCUT2D eigenvalue weighted by molar-refractivity contribution is 7.80.